The summed E-state index contributed by atoms with van der Waals surface area (Å²) in [5.41, 5.74) is 1.77. The Balaban J connectivity index is 1.78. The highest BCUT2D eigenvalue weighted by atomic mass is 16.5. The molecule has 0 saturated carbocycles. The summed E-state index contributed by atoms with van der Waals surface area (Å²) in [6.07, 6.45) is 1.66. The second-order valence-corrected chi connectivity index (χ2v) is 4.40. The molecule has 22 heavy (non-hydrogen) atoms. The number of hydrogen-bond donors (Lipinski definition) is 1. The molecule has 1 aromatic heterocycles. The third-order valence-electron chi connectivity index (χ3n) is 2.89. The fourth-order valence-electron chi connectivity index (χ4n) is 1.83. The van der Waals surface area contributed by atoms with Crippen LogP contribution >= 0.6 is 0 Å². The van der Waals surface area contributed by atoms with Crippen LogP contribution < -0.4 is 10.1 Å². The average Bonchev–Trinajstić information content (AvgIpc) is 3.01. The smallest absolute Gasteiger partial charge is 0.269 e. The Kier molecular flexibility index (Phi) is 4.05. The van der Waals surface area contributed by atoms with Crippen LogP contribution in [0.15, 0.2) is 59.7 Å². The third kappa shape index (κ3) is 3.26. The lowest BCUT2D eigenvalue weighted by Gasteiger charge is -2.03. The normalized spacial score (nSPS) is 10.8. The summed E-state index contributed by atoms with van der Waals surface area (Å²) in [7, 11) is 1.62. The van der Waals surface area contributed by atoms with Gasteiger partial charge in [-0.25, -0.2) is 0 Å². The standard InChI is InChI=1S/C15H14N6O/c1-22-14-9-5-6-12(10-14)11-16-21-15(18-19-20-21)17-13-7-3-2-4-8-13/h2-11H,1H3,(H,17,18,20)/b16-11-. The molecule has 0 atom stereocenters. The zero-order chi connectivity index (χ0) is 15.2. The van der Waals surface area contributed by atoms with Gasteiger partial charge in [0.05, 0.1) is 13.3 Å². The van der Waals surface area contributed by atoms with E-state index < -0.39 is 0 Å². The van der Waals surface area contributed by atoms with E-state index in [1.807, 2.05) is 54.6 Å². The molecule has 0 unspecified atom stereocenters. The van der Waals surface area contributed by atoms with Crippen LogP contribution in [-0.2, 0) is 0 Å². The van der Waals surface area contributed by atoms with E-state index in [9.17, 15) is 0 Å². The summed E-state index contributed by atoms with van der Waals surface area (Å²) in [5, 5.41) is 18.7. The molecule has 0 aliphatic carbocycles. The van der Waals surface area contributed by atoms with E-state index in [1.54, 1.807) is 13.3 Å². The first kappa shape index (κ1) is 13.7. The quantitative estimate of drug-likeness (QED) is 0.731. The van der Waals surface area contributed by atoms with Crippen LogP contribution in [-0.4, -0.2) is 33.6 Å². The van der Waals surface area contributed by atoms with E-state index in [-0.39, 0.29) is 0 Å². The summed E-state index contributed by atoms with van der Waals surface area (Å²) in [6, 6.07) is 17.2. The second-order valence-electron chi connectivity index (χ2n) is 4.40. The molecule has 3 aromatic rings. The van der Waals surface area contributed by atoms with Gasteiger partial charge in [-0.3, -0.25) is 0 Å². The van der Waals surface area contributed by atoms with Gasteiger partial charge >= 0.3 is 0 Å². The van der Waals surface area contributed by atoms with Crippen LogP contribution in [0.2, 0.25) is 0 Å². The third-order valence-corrected chi connectivity index (χ3v) is 2.89. The van der Waals surface area contributed by atoms with Crippen LogP contribution in [0.5, 0.6) is 5.75 Å². The highest BCUT2D eigenvalue weighted by molar-refractivity contribution is 5.80. The van der Waals surface area contributed by atoms with E-state index in [2.05, 4.69) is 25.9 Å². The predicted molar refractivity (Wildman–Crippen MR) is 83.5 cm³/mol. The Bertz CT molecular complexity index is 768. The lowest BCUT2D eigenvalue weighted by Crippen LogP contribution is -2.01. The van der Waals surface area contributed by atoms with Crippen molar-refractivity contribution in [2.75, 3.05) is 12.4 Å². The molecule has 0 bridgehead atoms. The van der Waals surface area contributed by atoms with Crippen molar-refractivity contribution in [2.45, 2.75) is 0 Å². The van der Waals surface area contributed by atoms with E-state index >= 15 is 0 Å². The first-order valence-corrected chi connectivity index (χ1v) is 6.64. The lowest BCUT2D eigenvalue weighted by molar-refractivity contribution is 0.414. The van der Waals surface area contributed by atoms with Crippen molar-refractivity contribution in [3.8, 4) is 5.75 Å². The van der Waals surface area contributed by atoms with Gasteiger partial charge in [-0.15, -0.1) is 0 Å². The Morgan fingerprint density at radius 2 is 2.00 bits per heavy atom. The monoisotopic (exact) mass is 294 g/mol. The van der Waals surface area contributed by atoms with E-state index in [0.29, 0.717) is 5.95 Å². The highest BCUT2D eigenvalue weighted by Gasteiger charge is 2.04. The van der Waals surface area contributed by atoms with E-state index in [0.717, 1.165) is 17.0 Å². The molecule has 1 heterocycles. The first-order chi connectivity index (χ1) is 10.8. The van der Waals surface area contributed by atoms with Crippen LogP contribution in [0, 0.1) is 0 Å². The molecule has 7 heteroatoms. The van der Waals surface area contributed by atoms with E-state index in [4.69, 9.17) is 4.74 Å². The Morgan fingerprint density at radius 1 is 1.14 bits per heavy atom. The number of tetrazole rings is 1. The van der Waals surface area contributed by atoms with Gasteiger partial charge in [0.25, 0.3) is 5.95 Å². The molecule has 0 aliphatic heterocycles. The number of aromatic nitrogens is 4. The molecule has 3 rings (SSSR count). The number of nitrogens with zero attached hydrogens (tertiary/aromatic N) is 5. The fraction of sp³-hybridized carbons (Fsp3) is 0.0667. The minimum absolute atomic E-state index is 0.436. The van der Waals surface area contributed by atoms with Gasteiger partial charge in [0.15, 0.2) is 0 Å². The maximum atomic E-state index is 5.17. The number of ether oxygens (including phenoxy) is 1. The van der Waals surface area contributed by atoms with Crippen LogP contribution in [0.25, 0.3) is 0 Å². The molecule has 0 amide bonds. The van der Waals surface area contributed by atoms with Gasteiger partial charge in [0.2, 0.25) is 0 Å². The number of anilines is 2. The van der Waals surface area contributed by atoms with Gasteiger partial charge in [-0.05, 0) is 40.3 Å². The van der Waals surface area contributed by atoms with E-state index in [1.165, 1.54) is 4.79 Å². The van der Waals surface area contributed by atoms with Crippen molar-refractivity contribution in [1.82, 2.24) is 20.3 Å². The maximum Gasteiger partial charge on any atom is 0.269 e. The number of methoxy groups -OCH3 is 1. The zero-order valence-electron chi connectivity index (χ0n) is 11.9. The van der Waals surface area contributed by atoms with Gasteiger partial charge < -0.3 is 10.1 Å². The molecule has 0 aliphatic rings. The molecule has 2 aromatic carbocycles. The first-order valence-electron chi connectivity index (χ1n) is 6.64. The molecule has 0 radical (unpaired) electrons. The van der Waals surface area contributed by atoms with Gasteiger partial charge in [0.1, 0.15) is 5.75 Å². The molecule has 110 valence electrons. The summed E-state index contributed by atoms with van der Waals surface area (Å²) in [5.74, 6) is 1.20. The molecular weight excluding hydrogens is 280 g/mol. The summed E-state index contributed by atoms with van der Waals surface area (Å²) in [4.78, 5) is 1.33. The summed E-state index contributed by atoms with van der Waals surface area (Å²) in [6.45, 7) is 0. The van der Waals surface area contributed by atoms with Crippen molar-refractivity contribution in [2.24, 2.45) is 5.10 Å². The van der Waals surface area contributed by atoms with Crippen LogP contribution in [0.1, 0.15) is 5.56 Å². The Morgan fingerprint density at radius 3 is 2.82 bits per heavy atom. The second kappa shape index (κ2) is 6.49. The van der Waals surface area contributed by atoms with Crippen molar-refractivity contribution in [3.05, 3.63) is 60.2 Å². The van der Waals surface area contributed by atoms with Gasteiger partial charge in [-0.2, -0.15) is 5.10 Å². The molecule has 0 saturated heterocycles. The van der Waals surface area contributed by atoms with Crippen molar-refractivity contribution in [1.29, 1.82) is 0 Å². The number of rotatable bonds is 5. The summed E-state index contributed by atoms with van der Waals surface area (Å²) >= 11 is 0. The Hall–Kier alpha value is -3.22. The zero-order valence-corrected chi connectivity index (χ0v) is 11.9. The van der Waals surface area contributed by atoms with Crippen molar-refractivity contribution >= 4 is 17.9 Å². The lowest BCUT2D eigenvalue weighted by atomic mass is 10.2. The van der Waals surface area contributed by atoms with Crippen LogP contribution in [0.3, 0.4) is 0 Å². The molecular formula is C15H14N6O. The number of hydrogen-bond acceptors (Lipinski definition) is 6. The van der Waals surface area contributed by atoms with Crippen LogP contribution in [0.4, 0.5) is 11.6 Å². The van der Waals surface area contributed by atoms with Gasteiger partial charge in [0, 0.05) is 5.69 Å². The largest absolute Gasteiger partial charge is 0.497 e. The predicted octanol–water partition coefficient (Wildman–Crippen LogP) is 2.31. The average molecular weight is 294 g/mol. The van der Waals surface area contributed by atoms with Crippen molar-refractivity contribution < 1.29 is 4.74 Å². The molecule has 7 nitrogen and oxygen atoms in total. The number of benzene rings is 2. The number of para-hydroxylation sites is 1. The topological polar surface area (TPSA) is 77.2 Å². The number of nitrogens with one attached hydrogen (secondary N) is 1. The SMILES string of the molecule is COc1cccc(/C=N\n2nnnc2Nc2ccccc2)c1. The minimum atomic E-state index is 0.436. The van der Waals surface area contributed by atoms with Crippen molar-refractivity contribution in [3.63, 3.8) is 0 Å². The fourth-order valence-corrected chi connectivity index (χ4v) is 1.83. The minimum Gasteiger partial charge on any atom is -0.497 e. The molecule has 0 spiro atoms. The summed E-state index contributed by atoms with van der Waals surface area (Å²) < 4.78 is 5.17. The Labute approximate surface area is 127 Å². The maximum absolute atomic E-state index is 5.17. The molecule has 0 fully saturated rings. The van der Waals surface area contributed by atoms with Gasteiger partial charge in [-0.1, -0.05) is 40.2 Å². The molecule has 1 N–H and O–H groups in total. The highest BCUT2D eigenvalue weighted by Crippen LogP contribution is 2.13.